The highest BCUT2D eigenvalue weighted by Crippen LogP contribution is 2.24. The first kappa shape index (κ1) is 12.1. The second kappa shape index (κ2) is 5.78. The van der Waals surface area contributed by atoms with E-state index in [0.29, 0.717) is 5.92 Å². The van der Waals surface area contributed by atoms with Crippen molar-refractivity contribution in [3.63, 3.8) is 0 Å². The molecule has 1 aliphatic carbocycles. The van der Waals surface area contributed by atoms with Crippen molar-refractivity contribution in [1.29, 1.82) is 0 Å². The molecule has 1 saturated carbocycles. The van der Waals surface area contributed by atoms with E-state index < -0.39 is 0 Å². The fraction of sp³-hybridized carbons (Fsp3) is 0.769. The van der Waals surface area contributed by atoms with Gasteiger partial charge in [-0.15, -0.1) is 11.3 Å². The molecule has 0 saturated heterocycles. The molecule has 90 valence electrons. The summed E-state index contributed by atoms with van der Waals surface area (Å²) >= 11 is 1.77. The van der Waals surface area contributed by atoms with Crippen LogP contribution in [0.4, 0.5) is 0 Å². The maximum absolute atomic E-state index is 4.37. The minimum Gasteiger partial charge on any atom is -0.313 e. The van der Waals surface area contributed by atoms with Crippen LogP contribution in [0.2, 0.25) is 0 Å². The number of hydrogen-bond acceptors (Lipinski definition) is 3. The number of aromatic nitrogens is 1. The van der Waals surface area contributed by atoms with Crippen molar-refractivity contribution in [2.24, 2.45) is 5.92 Å². The largest absolute Gasteiger partial charge is 0.313 e. The lowest BCUT2D eigenvalue weighted by molar-refractivity contribution is 0.305. The molecule has 1 fully saturated rings. The van der Waals surface area contributed by atoms with E-state index in [1.54, 1.807) is 11.3 Å². The molecule has 2 nitrogen and oxygen atoms in total. The third-order valence-electron chi connectivity index (χ3n) is 3.60. The minimum absolute atomic E-state index is 0.555. The first-order valence-electron chi connectivity index (χ1n) is 6.38. The summed E-state index contributed by atoms with van der Waals surface area (Å²) in [6.45, 7) is 5.71. The zero-order valence-electron chi connectivity index (χ0n) is 10.3. The van der Waals surface area contributed by atoms with Gasteiger partial charge in [-0.2, -0.15) is 0 Å². The van der Waals surface area contributed by atoms with Crippen molar-refractivity contribution >= 4 is 11.3 Å². The van der Waals surface area contributed by atoms with Gasteiger partial charge in [-0.05, 0) is 31.6 Å². The smallest absolute Gasteiger partial charge is 0.0965 e. The van der Waals surface area contributed by atoms with Gasteiger partial charge in [-0.3, -0.25) is 0 Å². The van der Waals surface area contributed by atoms with Crippen LogP contribution in [0.25, 0.3) is 0 Å². The molecule has 1 heterocycles. The molecule has 0 spiro atoms. The monoisotopic (exact) mass is 238 g/mol. The van der Waals surface area contributed by atoms with E-state index >= 15 is 0 Å². The Balaban J connectivity index is 1.71. The van der Waals surface area contributed by atoms with E-state index in [1.807, 2.05) is 6.20 Å². The van der Waals surface area contributed by atoms with Crippen LogP contribution >= 0.6 is 11.3 Å². The molecule has 0 amide bonds. The third kappa shape index (κ3) is 3.29. The van der Waals surface area contributed by atoms with Crippen molar-refractivity contribution in [1.82, 2.24) is 10.3 Å². The summed E-state index contributed by atoms with van der Waals surface area (Å²) in [6, 6.07) is 0.749. The molecule has 0 bridgehead atoms. The Morgan fingerprint density at radius 3 is 2.81 bits per heavy atom. The van der Waals surface area contributed by atoms with Crippen LogP contribution in [0.1, 0.15) is 50.5 Å². The fourth-order valence-electron chi connectivity index (χ4n) is 2.37. The van der Waals surface area contributed by atoms with Crippen molar-refractivity contribution in [2.45, 2.75) is 51.5 Å². The summed E-state index contributed by atoms with van der Waals surface area (Å²) in [5.74, 6) is 1.49. The predicted molar refractivity (Wildman–Crippen MR) is 70.0 cm³/mol. The van der Waals surface area contributed by atoms with Crippen molar-refractivity contribution in [3.8, 4) is 0 Å². The first-order valence-corrected chi connectivity index (χ1v) is 7.26. The van der Waals surface area contributed by atoms with Crippen LogP contribution in [0.3, 0.4) is 0 Å². The lowest BCUT2D eigenvalue weighted by Crippen LogP contribution is -2.35. The molecular formula is C13H22N2S. The quantitative estimate of drug-likeness (QED) is 0.869. The fourth-order valence-corrected chi connectivity index (χ4v) is 3.07. The van der Waals surface area contributed by atoms with Gasteiger partial charge in [0.05, 0.1) is 5.01 Å². The van der Waals surface area contributed by atoms with Gasteiger partial charge in [0.15, 0.2) is 0 Å². The molecule has 0 aromatic carbocycles. The van der Waals surface area contributed by atoms with Gasteiger partial charge < -0.3 is 5.32 Å². The van der Waals surface area contributed by atoms with Gasteiger partial charge in [0.25, 0.3) is 0 Å². The zero-order chi connectivity index (χ0) is 11.4. The van der Waals surface area contributed by atoms with Crippen LogP contribution in [0.5, 0.6) is 0 Å². The second-order valence-electron chi connectivity index (χ2n) is 5.14. The highest BCUT2D eigenvalue weighted by Gasteiger charge is 2.18. The molecular weight excluding hydrogens is 216 g/mol. The molecule has 1 unspecified atom stereocenters. The van der Waals surface area contributed by atoms with Crippen molar-refractivity contribution < 1.29 is 0 Å². The van der Waals surface area contributed by atoms with E-state index in [1.165, 1.54) is 30.7 Å². The maximum atomic E-state index is 4.37. The summed E-state index contributed by atoms with van der Waals surface area (Å²) in [4.78, 5) is 4.37. The standard InChI is InChI=1S/C13H22N2S/c1-10-3-5-12(6-4-10)15-9-11(2)13-14-7-8-16-13/h7-8,10-12,15H,3-6,9H2,1-2H3. The summed E-state index contributed by atoms with van der Waals surface area (Å²) in [5.41, 5.74) is 0. The lowest BCUT2D eigenvalue weighted by Gasteiger charge is -2.27. The summed E-state index contributed by atoms with van der Waals surface area (Å²) in [7, 11) is 0. The number of thiazole rings is 1. The summed E-state index contributed by atoms with van der Waals surface area (Å²) < 4.78 is 0. The Kier molecular flexibility index (Phi) is 4.36. The maximum Gasteiger partial charge on any atom is 0.0965 e. The van der Waals surface area contributed by atoms with Gasteiger partial charge in [0, 0.05) is 30.1 Å². The normalized spacial score (nSPS) is 27.9. The second-order valence-corrected chi connectivity index (χ2v) is 6.06. The number of nitrogens with one attached hydrogen (secondary N) is 1. The molecule has 1 aromatic rings. The Hall–Kier alpha value is -0.410. The Labute approximate surface area is 102 Å². The van der Waals surface area contributed by atoms with E-state index in [2.05, 4.69) is 29.5 Å². The van der Waals surface area contributed by atoms with Gasteiger partial charge in [-0.25, -0.2) is 4.98 Å². The van der Waals surface area contributed by atoms with Gasteiger partial charge in [0.2, 0.25) is 0 Å². The number of rotatable bonds is 4. The highest BCUT2D eigenvalue weighted by atomic mass is 32.1. The number of hydrogen-bond donors (Lipinski definition) is 1. The minimum atomic E-state index is 0.555. The third-order valence-corrected chi connectivity index (χ3v) is 4.61. The lowest BCUT2D eigenvalue weighted by atomic mass is 9.87. The highest BCUT2D eigenvalue weighted by molar-refractivity contribution is 7.09. The molecule has 1 aliphatic rings. The van der Waals surface area contributed by atoms with E-state index in [-0.39, 0.29) is 0 Å². The molecule has 0 radical (unpaired) electrons. The van der Waals surface area contributed by atoms with Crippen molar-refractivity contribution in [3.05, 3.63) is 16.6 Å². The van der Waals surface area contributed by atoms with Crippen LogP contribution in [-0.4, -0.2) is 17.6 Å². The summed E-state index contributed by atoms with van der Waals surface area (Å²) in [5, 5.41) is 7.02. The predicted octanol–water partition coefficient (Wildman–Crippen LogP) is 3.41. The van der Waals surface area contributed by atoms with Crippen molar-refractivity contribution in [2.75, 3.05) is 6.54 Å². The Morgan fingerprint density at radius 1 is 1.44 bits per heavy atom. The molecule has 3 heteroatoms. The number of nitrogens with zero attached hydrogens (tertiary/aromatic N) is 1. The zero-order valence-corrected chi connectivity index (χ0v) is 11.1. The van der Waals surface area contributed by atoms with Gasteiger partial charge in [-0.1, -0.05) is 13.8 Å². The Morgan fingerprint density at radius 2 is 2.19 bits per heavy atom. The van der Waals surface area contributed by atoms with Crippen LogP contribution in [-0.2, 0) is 0 Å². The average Bonchev–Trinajstić information content (AvgIpc) is 2.81. The molecule has 1 atom stereocenters. The topological polar surface area (TPSA) is 24.9 Å². The molecule has 16 heavy (non-hydrogen) atoms. The first-order chi connectivity index (χ1) is 7.75. The van der Waals surface area contributed by atoms with E-state index in [4.69, 9.17) is 0 Å². The van der Waals surface area contributed by atoms with Crippen LogP contribution < -0.4 is 5.32 Å². The summed E-state index contributed by atoms with van der Waals surface area (Å²) in [6.07, 6.45) is 7.39. The molecule has 0 aliphatic heterocycles. The van der Waals surface area contributed by atoms with E-state index in [0.717, 1.165) is 18.5 Å². The SMILES string of the molecule is CC1CCC(NCC(C)c2nccs2)CC1. The molecule has 2 rings (SSSR count). The molecule has 1 aromatic heterocycles. The Bertz CT molecular complexity index is 289. The molecule has 1 N–H and O–H groups in total. The van der Waals surface area contributed by atoms with E-state index in [9.17, 15) is 0 Å². The van der Waals surface area contributed by atoms with Crippen LogP contribution in [0.15, 0.2) is 11.6 Å². The van der Waals surface area contributed by atoms with Gasteiger partial charge in [0.1, 0.15) is 0 Å². The van der Waals surface area contributed by atoms with Crippen LogP contribution in [0, 0.1) is 5.92 Å². The average molecular weight is 238 g/mol. The van der Waals surface area contributed by atoms with Gasteiger partial charge >= 0.3 is 0 Å².